The molecule has 1 fully saturated rings. The first-order valence-electron chi connectivity index (χ1n) is 7.43. The molecule has 0 radical (unpaired) electrons. The van der Waals surface area contributed by atoms with Gasteiger partial charge in [0.25, 0.3) is 11.8 Å². The first-order valence-corrected chi connectivity index (χ1v) is 7.43. The molecule has 4 N–H and O–H groups in total. The summed E-state index contributed by atoms with van der Waals surface area (Å²) in [5.41, 5.74) is -0.651. The summed E-state index contributed by atoms with van der Waals surface area (Å²) in [5, 5.41) is 16.3. The molecule has 0 bridgehead atoms. The van der Waals surface area contributed by atoms with Gasteiger partial charge < -0.3 is 15.7 Å². The third kappa shape index (κ3) is 3.22. The van der Waals surface area contributed by atoms with Gasteiger partial charge in [-0.2, -0.15) is 0 Å². The first-order chi connectivity index (χ1) is 11.1. The molecule has 2 unspecified atom stereocenters. The fraction of sp³-hybridized carbons (Fsp3) is 0.375. The molecule has 1 heterocycles. The van der Waals surface area contributed by atoms with Gasteiger partial charge >= 0.3 is 12.0 Å². The van der Waals surface area contributed by atoms with Crippen LogP contribution in [0, 0.1) is 5.92 Å². The Hall–Kier alpha value is -2.90. The summed E-state index contributed by atoms with van der Waals surface area (Å²) in [5.74, 6) is -2.49. The van der Waals surface area contributed by atoms with Crippen LogP contribution in [0.5, 0.6) is 0 Å². The van der Waals surface area contributed by atoms with Crippen molar-refractivity contribution in [2.45, 2.75) is 32.4 Å². The number of rotatable bonds is 5. The molecule has 2 atom stereocenters. The number of benzene rings is 1. The van der Waals surface area contributed by atoms with Gasteiger partial charge in [0.2, 0.25) is 0 Å². The largest absolute Gasteiger partial charge is 0.480 e. The highest BCUT2D eigenvalue weighted by Gasteiger charge is 2.43. The van der Waals surface area contributed by atoms with E-state index in [9.17, 15) is 19.2 Å². The number of amides is 4. The van der Waals surface area contributed by atoms with Crippen LogP contribution >= 0.6 is 0 Å². The SMILES string of the molecule is CC(C)C(NC(=O)c1cccc(C2(C)NC(=O)NC2=O)c1)C(=O)O. The van der Waals surface area contributed by atoms with E-state index in [1.54, 1.807) is 26.0 Å². The standard InChI is InChI=1S/C16H19N3O5/c1-8(2)11(13(21)22)17-12(20)9-5-4-6-10(7-9)16(3)14(23)18-15(24)19-16/h4-8,11H,1-3H3,(H,17,20)(H,21,22)(H2,18,19,23,24). The molecular formula is C16H19N3O5. The summed E-state index contributed by atoms with van der Waals surface area (Å²) < 4.78 is 0. The zero-order valence-corrected chi connectivity index (χ0v) is 13.5. The summed E-state index contributed by atoms with van der Waals surface area (Å²) in [6.45, 7) is 4.91. The third-order valence-corrected chi connectivity index (χ3v) is 3.97. The zero-order chi connectivity index (χ0) is 18.1. The minimum Gasteiger partial charge on any atom is -0.480 e. The normalized spacial score (nSPS) is 21.2. The second-order valence-corrected chi connectivity index (χ2v) is 6.15. The Morgan fingerprint density at radius 2 is 1.92 bits per heavy atom. The van der Waals surface area contributed by atoms with Gasteiger partial charge in [0, 0.05) is 5.56 Å². The number of carboxylic acids is 1. The number of carbonyl (C=O) groups excluding carboxylic acids is 3. The Balaban J connectivity index is 2.27. The predicted molar refractivity (Wildman–Crippen MR) is 84.2 cm³/mol. The van der Waals surface area contributed by atoms with Crippen molar-refractivity contribution in [1.82, 2.24) is 16.0 Å². The van der Waals surface area contributed by atoms with Crippen molar-refractivity contribution >= 4 is 23.8 Å². The monoisotopic (exact) mass is 333 g/mol. The molecule has 4 amide bonds. The number of hydrogen-bond acceptors (Lipinski definition) is 4. The fourth-order valence-electron chi connectivity index (χ4n) is 2.46. The number of urea groups is 1. The predicted octanol–water partition coefficient (Wildman–Crippen LogP) is 0.580. The van der Waals surface area contributed by atoms with E-state index in [0.717, 1.165) is 0 Å². The Bertz CT molecular complexity index is 715. The number of nitrogens with one attached hydrogen (secondary N) is 3. The summed E-state index contributed by atoms with van der Waals surface area (Å²) in [6, 6.07) is 4.52. The van der Waals surface area contributed by atoms with E-state index in [4.69, 9.17) is 5.11 Å². The molecule has 128 valence electrons. The Kier molecular flexibility index (Phi) is 4.59. The minimum absolute atomic E-state index is 0.203. The molecule has 24 heavy (non-hydrogen) atoms. The average Bonchev–Trinajstić information content (AvgIpc) is 2.77. The molecule has 1 aliphatic rings. The van der Waals surface area contributed by atoms with E-state index in [0.29, 0.717) is 5.56 Å². The molecule has 8 nitrogen and oxygen atoms in total. The zero-order valence-electron chi connectivity index (χ0n) is 13.5. The third-order valence-electron chi connectivity index (χ3n) is 3.97. The van der Waals surface area contributed by atoms with E-state index in [2.05, 4.69) is 16.0 Å². The van der Waals surface area contributed by atoms with Crippen LogP contribution in [0.15, 0.2) is 24.3 Å². The molecule has 1 saturated heterocycles. The number of imide groups is 1. The lowest BCUT2D eigenvalue weighted by Gasteiger charge is -2.22. The maximum absolute atomic E-state index is 12.3. The molecule has 1 aliphatic heterocycles. The summed E-state index contributed by atoms with van der Waals surface area (Å²) in [4.78, 5) is 46.9. The fourth-order valence-corrected chi connectivity index (χ4v) is 2.46. The van der Waals surface area contributed by atoms with Crippen LogP contribution in [-0.2, 0) is 15.1 Å². The van der Waals surface area contributed by atoms with Crippen molar-refractivity contribution in [2.24, 2.45) is 5.92 Å². The van der Waals surface area contributed by atoms with Crippen LogP contribution in [0.1, 0.15) is 36.7 Å². The van der Waals surface area contributed by atoms with Gasteiger partial charge in [0.1, 0.15) is 11.6 Å². The lowest BCUT2D eigenvalue weighted by atomic mass is 9.91. The molecule has 0 aromatic heterocycles. The highest BCUT2D eigenvalue weighted by molar-refractivity contribution is 6.07. The van der Waals surface area contributed by atoms with Crippen LogP contribution in [0.3, 0.4) is 0 Å². The smallest absolute Gasteiger partial charge is 0.326 e. The number of carbonyl (C=O) groups is 4. The van der Waals surface area contributed by atoms with E-state index >= 15 is 0 Å². The van der Waals surface area contributed by atoms with Gasteiger partial charge in [-0.15, -0.1) is 0 Å². The van der Waals surface area contributed by atoms with E-state index in [-0.39, 0.29) is 11.5 Å². The van der Waals surface area contributed by atoms with Gasteiger partial charge in [-0.1, -0.05) is 26.0 Å². The molecule has 8 heteroatoms. The topological polar surface area (TPSA) is 125 Å². The Morgan fingerprint density at radius 3 is 2.42 bits per heavy atom. The van der Waals surface area contributed by atoms with Crippen molar-refractivity contribution in [3.05, 3.63) is 35.4 Å². The summed E-state index contributed by atoms with van der Waals surface area (Å²) >= 11 is 0. The summed E-state index contributed by atoms with van der Waals surface area (Å²) in [6.07, 6.45) is 0. The van der Waals surface area contributed by atoms with Gasteiger partial charge in [-0.05, 0) is 30.5 Å². The van der Waals surface area contributed by atoms with Crippen LogP contribution in [0.2, 0.25) is 0 Å². The van der Waals surface area contributed by atoms with Crippen molar-refractivity contribution in [2.75, 3.05) is 0 Å². The van der Waals surface area contributed by atoms with Crippen molar-refractivity contribution < 1.29 is 24.3 Å². The molecule has 0 spiro atoms. The maximum atomic E-state index is 12.3. The maximum Gasteiger partial charge on any atom is 0.326 e. The summed E-state index contributed by atoms with van der Waals surface area (Å²) in [7, 11) is 0. The molecule has 1 aromatic carbocycles. The lowest BCUT2D eigenvalue weighted by Crippen LogP contribution is -2.44. The molecule has 2 rings (SSSR count). The van der Waals surface area contributed by atoms with E-state index < -0.39 is 35.4 Å². The molecule has 1 aromatic rings. The Labute approximate surface area is 138 Å². The highest BCUT2D eigenvalue weighted by Crippen LogP contribution is 2.25. The lowest BCUT2D eigenvalue weighted by molar-refractivity contribution is -0.140. The highest BCUT2D eigenvalue weighted by atomic mass is 16.4. The number of hydrogen-bond donors (Lipinski definition) is 4. The van der Waals surface area contributed by atoms with Gasteiger partial charge in [0.05, 0.1) is 0 Å². The van der Waals surface area contributed by atoms with Gasteiger partial charge in [-0.25, -0.2) is 9.59 Å². The van der Waals surface area contributed by atoms with Crippen molar-refractivity contribution in [1.29, 1.82) is 0 Å². The van der Waals surface area contributed by atoms with Crippen LogP contribution in [0.4, 0.5) is 4.79 Å². The quantitative estimate of drug-likeness (QED) is 0.587. The van der Waals surface area contributed by atoms with Crippen LogP contribution < -0.4 is 16.0 Å². The van der Waals surface area contributed by atoms with E-state index in [1.807, 2.05) is 0 Å². The van der Waals surface area contributed by atoms with Gasteiger partial charge in [-0.3, -0.25) is 14.9 Å². The molecule has 0 saturated carbocycles. The van der Waals surface area contributed by atoms with Crippen molar-refractivity contribution in [3.63, 3.8) is 0 Å². The Morgan fingerprint density at radius 1 is 1.25 bits per heavy atom. The number of carboxylic acid groups (broad SMARTS) is 1. The van der Waals surface area contributed by atoms with Crippen LogP contribution in [-0.4, -0.2) is 35.0 Å². The van der Waals surface area contributed by atoms with Crippen LogP contribution in [0.25, 0.3) is 0 Å². The first kappa shape index (κ1) is 17.5. The average molecular weight is 333 g/mol. The second-order valence-electron chi connectivity index (χ2n) is 6.15. The van der Waals surface area contributed by atoms with Crippen molar-refractivity contribution in [3.8, 4) is 0 Å². The second kappa shape index (κ2) is 6.31. The van der Waals surface area contributed by atoms with E-state index in [1.165, 1.54) is 19.1 Å². The molecular weight excluding hydrogens is 314 g/mol. The minimum atomic E-state index is -1.28. The molecule has 0 aliphatic carbocycles. The number of aliphatic carboxylic acids is 1. The van der Waals surface area contributed by atoms with Gasteiger partial charge in [0.15, 0.2) is 0 Å².